The van der Waals surface area contributed by atoms with Gasteiger partial charge in [-0.1, -0.05) is 17.7 Å². The summed E-state index contributed by atoms with van der Waals surface area (Å²) in [5.74, 6) is -0.584. The van der Waals surface area contributed by atoms with Crippen molar-refractivity contribution in [2.75, 3.05) is 6.61 Å². The molecule has 4 nitrogen and oxygen atoms in total. The second-order valence-corrected chi connectivity index (χ2v) is 7.82. The van der Waals surface area contributed by atoms with Crippen molar-refractivity contribution in [3.63, 3.8) is 0 Å². The van der Waals surface area contributed by atoms with Gasteiger partial charge in [-0.05, 0) is 65.8 Å². The Hall–Kier alpha value is -3.47. The summed E-state index contributed by atoms with van der Waals surface area (Å²) in [7, 11) is 0. The number of carboxylic acid groups (broad SMARTS) is 1. The molecule has 0 atom stereocenters. The first-order chi connectivity index (χ1) is 14.5. The molecule has 1 aliphatic rings. The number of aryl methyl sites for hydroxylation is 1. The van der Waals surface area contributed by atoms with Crippen LogP contribution in [0.1, 0.15) is 22.3 Å². The van der Waals surface area contributed by atoms with Gasteiger partial charge in [0, 0.05) is 29.0 Å². The van der Waals surface area contributed by atoms with Crippen molar-refractivity contribution in [3.8, 4) is 16.9 Å². The van der Waals surface area contributed by atoms with E-state index in [1.165, 1.54) is 0 Å². The Bertz CT molecular complexity index is 1350. The van der Waals surface area contributed by atoms with Crippen molar-refractivity contribution in [1.29, 1.82) is 0 Å². The lowest BCUT2D eigenvalue weighted by atomic mass is 9.86. The van der Waals surface area contributed by atoms with Gasteiger partial charge in [0.2, 0.25) is 0 Å². The molecule has 0 aliphatic carbocycles. The van der Waals surface area contributed by atoms with Gasteiger partial charge in [-0.25, -0.2) is 4.39 Å². The molecule has 150 valence electrons. The maximum Gasteiger partial charge on any atom is 0.307 e. The van der Waals surface area contributed by atoms with Crippen molar-refractivity contribution < 1.29 is 19.0 Å². The van der Waals surface area contributed by atoms with Gasteiger partial charge in [-0.15, -0.1) is 0 Å². The van der Waals surface area contributed by atoms with E-state index in [0.29, 0.717) is 28.5 Å². The van der Waals surface area contributed by atoms with Gasteiger partial charge < -0.3 is 9.84 Å². The number of rotatable bonds is 3. The first kappa shape index (κ1) is 18.6. The van der Waals surface area contributed by atoms with Crippen LogP contribution in [0.5, 0.6) is 5.75 Å². The van der Waals surface area contributed by atoms with Crippen LogP contribution in [0.4, 0.5) is 4.39 Å². The van der Waals surface area contributed by atoms with Crippen LogP contribution in [0.25, 0.3) is 32.8 Å². The molecule has 0 spiro atoms. The number of benzene rings is 3. The van der Waals surface area contributed by atoms with Gasteiger partial charge in [0.15, 0.2) is 0 Å². The molecule has 5 rings (SSSR count). The Balaban J connectivity index is 1.95. The second kappa shape index (κ2) is 6.80. The summed E-state index contributed by atoms with van der Waals surface area (Å²) < 4.78 is 21.1. The molecule has 0 radical (unpaired) electrons. The van der Waals surface area contributed by atoms with Gasteiger partial charge in [0.25, 0.3) is 0 Å². The molecule has 1 aliphatic heterocycles. The van der Waals surface area contributed by atoms with Gasteiger partial charge in [-0.2, -0.15) is 0 Å². The predicted molar refractivity (Wildman–Crippen MR) is 115 cm³/mol. The lowest BCUT2D eigenvalue weighted by molar-refractivity contribution is -0.136. The third kappa shape index (κ3) is 2.73. The largest absolute Gasteiger partial charge is 0.493 e. The Labute approximate surface area is 172 Å². The summed E-state index contributed by atoms with van der Waals surface area (Å²) in [6, 6.07) is 11.4. The summed E-state index contributed by atoms with van der Waals surface area (Å²) in [6.45, 7) is 4.19. The third-order valence-electron chi connectivity index (χ3n) is 5.93. The molecule has 30 heavy (non-hydrogen) atoms. The number of halogens is 1. The number of fused-ring (bicyclic) bond motifs is 1. The van der Waals surface area contributed by atoms with Gasteiger partial charge >= 0.3 is 5.97 Å². The fourth-order valence-electron chi connectivity index (χ4n) is 4.53. The van der Waals surface area contributed by atoms with Crippen LogP contribution in [0.15, 0.2) is 42.6 Å². The number of hydrogen-bond acceptors (Lipinski definition) is 3. The Kier molecular flexibility index (Phi) is 4.21. The highest BCUT2D eigenvalue weighted by Crippen LogP contribution is 2.43. The topological polar surface area (TPSA) is 59.4 Å². The Morgan fingerprint density at radius 2 is 2.00 bits per heavy atom. The Morgan fingerprint density at radius 3 is 2.80 bits per heavy atom. The third-order valence-corrected chi connectivity index (χ3v) is 5.93. The maximum atomic E-state index is 15.3. The number of carboxylic acids is 1. The molecule has 1 N–H and O–H groups in total. The zero-order chi connectivity index (χ0) is 21.0. The Morgan fingerprint density at radius 1 is 1.17 bits per heavy atom. The first-order valence-corrected chi connectivity index (χ1v) is 9.92. The molecule has 3 aromatic carbocycles. The molecule has 1 aromatic heterocycles. The molecule has 4 aromatic rings. The predicted octanol–water partition coefficient (Wildman–Crippen LogP) is 5.37. The molecular formula is C25H20FNO3. The van der Waals surface area contributed by atoms with E-state index in [1.54, 1.807) is 13.1 Å². The molecule has 0 saturated heterocycles. The van der Waals surface area contributed by atoms with Crippen LogP contribution < -0.4 is 4.74 Å². The molecule has 5 heteroatoms. The van der Waals surface area contributed by atoms with E-state index in [9.17, 15) is 9.90 Å². The fraction of sp³-hybridized carbons (Fsp3) is 0.200. The monoisotopic (exact) mass is 401 g/mol. The van der Waals surface area contributed by atoms with Crippen molar-refractivity contribution in [1.82, 2.24) is 4.98 Å². The van der Waals surface area contributed by atoms with E-state index >= 15 is 4.39 Å². The van der Waals surface area contributed by atoms with Gasteiger partial charge in [-0.3, -0.25) is 9.78 Å². The molecular weight excluding hydrogens is 381 g/mol. The minimum atomic E-state index is -0.996. The lowest BCUT2D eigenvalue weighted by Crippen LogP contribution is -2.10. The summed E-state index contributed by atoms with van der Waals surface area (Å²) in [6.07, 6.45) is 2.30. The quantitative estimate of drug-likeness (QED) is 0.501. The number of ether oxygens (including phenoxy) is 1. The SMILES string of the molecule is Cc1ccc2c(-c3ccc4c5c(ccnc35)CCO4)c(CC(=O)O)c(C)c(F)c2c1. The fourth-order valence-corrected chi connectivity index (χ4v) is 4.53. The van der Waals surface area contributed by atoms with Crippen molar-refractivity contribution in [2.45, 2.75) is 26.7 Å². The summed E-state index contributed by atoms with van der Waals surface area (Å²) >= 11 is 0. The molecule has 0 fully saturated rings. The first-order valence-electron chi connectivity index (χ1n) is 9.92. The number of aliphatic carboxylic acids is 1. The maximum absolute atomic E-state index is 15.3. The van der Waals surface area contributed by atoms with Crippen LogP contribution in [-0.4, -0.2) is 22.7 Å². The van der Waals surface area contributed by atoms with Crippen molar-refractivity contribution >= 4 is 27.6 Å². The van der Waals surface area contributed by atoms with E-state index in [1.807, 2.05) is 43.3 Å². The molecule has 0 bridgehead atoms. The molecule has 0 saturated carbocycles. The number of nitrogens with zero attached hydrogens (tertiary/aromatic N) is 1. The van der Waals surface area contributed by atoms with Gasteiger partial charge in [0.1, 0.15) is 11.6 Å². The molecule has 0 unspecified atom stereocenters. The highest BCUT2D eigenvalue weighted by molar-refractivity contribution is 6.08. The number of carbonyl (C=O) groups is 1. The van der Waals surface area contributed by atoms with E-state index < -0.39 is 5.97 Å². The molecule has 0 amide bonds. The minimum Gasteiger partial charge on any atom is -0.493 e. The van der Waals surface area contributed by atoms with Crippen LogP contribution in [0, 0.1) is 19.7 Å². The highest BCUT2D eigenvalue weighted by Gasteiger charge is 2.24. The summed E-state index contributed by atoms with van der Waals surface area (Å²) in [5, 5.41) is 11.7. The average Bonchev–Trinajstić information content (AvgIpc) is 2.73. The van der Waals surface area contributed by atoms with Crippen LogP contribution in [-0.2, 0) is 17.6 Å². The van der Waals surface area contributed by atoms with E-state index in [0.717, 1.165) is 45.3 Å². The van der Waals surface area contributed by atoms with E-state index in [4.69, 9.17) is 4.74 Å². The summed E-state index contributed by atoms with van der Waals surface area (Å²) in [5.41, 5.74) is 5.23. The lowest BCUT2D eigenvalue weighted by Gasteiger charge is -2.22. The van der Waals surface area contributed by atoms with Crippen LogP contribution in [0.3, 0.4) is 0 Å². The standard InChI is InChI=1S/C25H20FNO3/c1-13-3-4-16-19(11-13)24(26)14(2)18(12-21(28)29)23(16)17-5-6-20-22-15(8-10-30-20)7-9-27-25(17)22/h3-7,9,11H,8,10,12H2,1-2H3,(H,28,29). The van der Waals surface area contributed by atoms with Crippen LogP contribution >= 0.6 is 0 Å². The van der Waals surface area contributed by atoms with E-state index in [-0.39, 0.29) is 12.2 Å². The average molecular weight is 401 g/mol. The zero-order valence-electron chi connectivity index (χ0n) is 16.8. The molecule has 2 heterocycles. The van der Waals surface area contributed by atoms with Gasteiger partial charge in [0.05, 0.1) is 18.5 Å². The van der Waals surface area contributed by atoms with Crippen molar-refractivity contribution in [2.24, 2.45) is 0 Å². The van der Waals surface area contributed by atoms with E-state index in [2.05, 4.69) is 4.98 Å². The smallest absolute Gasteiger partial charge is 0.307 e. The number of aromatic nitrogens is 1. The number of pyridine rings is 1. The van der Waals surface area contributed by atoms with Crippen molar-refractivity contribution in [3.05, 3.63) is 70.7 Å². The minimum absolute atomic E-state index is 0.263. The van der Waals surface area contributed by atoms with Crippen LogP contribution in [0.2, 0.25) is 0 Å². The highest BCUT2D eigenvalue weighted by atomic mass is 19.1. The summed E-state index contributed by atoms with van der Waals surface area (Å²) in [4.78, 5) is 16.3. The normalized spacial score (nSPS) is 12.9. The second-order valence-electron chi connectivity index (χ2n) is 7.82. The zero-order valence-corrected chi connectivity index (χ0v) is 16.8. The number of hydrogen-bond donors (Lipinski definition) is 1.